The van der Waals surface area contributed by atoms with Crippen molar-refractivity contribution in [2.75, 3.05) is 6.54 Å². The maximum Gasteiger partial charge on any atom is 0.252 e. The van der Waals surface area contributed by atoms with Crippen molar-refractivity contribution in [2.45, 2.75) is 26.0 Å². The molecule has 1 amide bonds. The smallest absolute Gasteiger partial charge is 0.252 e. The van der Waals surface area contributed by atoms with E-state index in [9.17, 15) is 9.90 Å². The quantitative estimate of drug-likeness (QED) is 0.755. The first kappa shape index (κ1) is 14.0. The lowest BCUT2D eigenvalue weighted by Crippen LogP contribution is -2.43. The number of nitrogens with two attached hydrogens (primary N) is 1. The van der Waals surface area contributed by atoms with Gasteiger partial charge in [0.05, 0.1) is 16.7 Å². The van der Waals surface area contributed by atoms with Crippen LogP contribution in [0.15, 0.2) is 18.2 Å². The van der Waals surface area contributed by atoms with Gasteiger partial charge in [0, 0.05) is 12.6 Å². The minimum Gasteiger partial charge on any atom is -0.392 e. The van der Waals surface area contributed by atoms with E-state index in [1.807, 2.05) is 13.0 Å². The third kappa shape index (κ3) is 4.00. The van der Waals surface area contributed by atoms with Crippen molar-refractivity contribution in [3.8, 4) is 0 Å². The van der Waals surface area contributed by atoms with Crippen LogP contribution in [0.2, 0.25) is 5.02 Å². The minimum atomic E-state index is -0.663. The van der Waals surface area contributed by atoms with Gasteiger partial charge >= 0.3 is 0 Å². The van der Waals surface area contributed by atoms with Crippen LogP contribution in [0.1, 0.15) is 22.8 Å². The summed E-state index contributed by atoms with van der Waals surface area (Å²) in [5, 5.41) is 12.2. The van der Waals surface area contributed by atoms with E-state index in [1.54, 1.807) is 19.1 Å². The molecule has 0 radical (unpaired) electrons. The van der Waals surface area contributed by atoms with Gasteiger partial charge in [0.15, 0.2) is 0 Å². The molecule has 0 aromatic heterocycles. The van der Waals surface area contributed by atoms with E-state index in [0.717, 1.165) is 5.56 Å². The topological polar surface area (TPSA) is 75.4 Å². The Labute approximate surface area is 106 Å². The van der Waals surface area contributed by atoms with Crippen molar-refractivity contribution >= 4 is 17.5 Å². The molecule has 0 heterocycles. The van der Waals surface area contributed by atoms with E-state index in [2.05, 4.69) is 5.32 Å². The molecule has 0 bridgehead atoms. The van der Waals surface area contributed by atoms with Crippen LogP contribution in [-0.4, -0.2) is 29.7 Å². The van der Waals surface area contributed by atoms with Crippen LogP contribution in [-0.2, 0) is 0 Å². The Morgan fingerprint density at radius 2 is 2.24 bits per heavy atom. The third-order valence-corrected chi connectivity index (χ3v) is 2.80. The predicted molar refractivity (Wildman–Crippen MR) is 68.2 cm³/mol. The van der Waals surface area contributed by atoms with Gasteiger partial charge in [-0.25, -0.2) is 0 Å². The summed E-state index contributed by atoms with van der Waals surface area (Å²) < 4.78 is 0. The van der Waals surface area contributed by atoms with Gasteiger partial charge in [-0.1, -0.05) is 17.7 Å². The summed E-state index contributed by atoms with van der Waals surface area (Å²) in [6, 6.07) is 4.73. The SMILES string of the molecule is Cc1ccc(C(=O)NCC(N)C(C)O)c(Cl)c1. The molecule has 17 heavy (non-hydrogen) atoms. The molecule has 0 aliphatic heterocycles. The third-order valence-electron chi connectivity index (χ3n) is 2.49. The highest BCUT2D eigenvalue weighted by Gasteiger charge is 2.13. The fraction of sp³-hybridized carbons (Fsp3) is 0.417. The summed E-state index contributed by atoms with van der Waals surface area (Å²) in [6.45, 7) is 3.69. The summed E-state index contributed by atoms with van der Waals surface area (Å²) in [7, 11) is 0. The molecule has 4 N–H and O–H groups in total. The van der Waals surface area contributed by atoms with Crippen molar-refractivity contribution < 1.29 is 9.90 Å². The number of aliphatic hydroxyl groups is 1. The van der Waals surface area contributed by atoms with E-state index < -0.39 is 12.1 Å². The van der Waals surface area contributed by atoms with Crippen molar-refractivity contribution in [1.82, 2.24) is 5.32 Å². The molecule has 0 saturated carbocycles. The zero-order valence-corrected chi connectivity index (χ0v) is 10.7. The molecule has 1 aromatic carbocycles. The van der Waals surface area contributed by atoms with E-state index in [0.29, 0.717) is 10.6 Å². The second-order valence-electron chi connectivity index (χ2n) is 4.10. The van der Waals surface area contributed by atoms with Crippen molar-refractivity contribution in [2.24, 2.45) is 5.73 Å². The van der Waals surface area contributed by atoms with Crippen LogP contribution in [0, 0.1) is 6.92 Å². The lowest BCUT2D eigenvalue weighted by atomic mass is 10.1. The van der Waals surface area contributed by atoms with Crippen LogP contribution in [0.5, 0.6) is 0 Å². The van der Waals surface area contributed by atoms with Gasteiger partial charge in [-0.2, -0.15) is 0 Å². The molecular formula is C12H17ClN2O2. The van der Waals surface area contributed by atoms with Gasteiger partial charge in [-0.3, -0.25) is 4.79 Å². The highest BCUT2D eigenvalue weighted by Crippen LogP contribution is 2.17. The largest absolute Gasteiger partial charge is 0.392 e. The molecule has 0 saturated heterocycles. The molecule has 1 rings (SSSR count). The number of hydrogen-bond acceptors (Lipinski definition) is 3. The molecule has 94 valence electrons. The van der Waals surface area contributed by atoms with Crippen LogP contribution in [0.25, 0.3) is 0 Å². The molecular weight excluding hydrogens is 240 g/mol. The summed E-state index contributed by atoms with van der Waals surface area (Å²) in [4.78, 5) is 11.8. The first-order chi connectivity index (χ1) is 7.91. The van der Waals surface area contributed by atoms with Crippen LogP contribution in [0.3, 0.4) is 0 Å². The highest BCUT2D eigenvalue weighted by atomic mass is 35.5. The standard InChI is InChI=1S/C12H17ClN2O2/c1-7-3-4-9(10(13)5-7)12(17)15-6-11(14)8(2)16/h3-5,8,11,16H,6,14H2,1-2H3,(H,15,17). The molecule has 0 fully saturated rings. The average Bonchev–Trinajstić information content (AvgIpc) is 2.25. The van der Waals surface area contributed by atoms with Crippen LogP contribution < -0.4 is 11.1 Å². The first-order valence-electron chi connectivity index (χ1n) is 5.40. The van der Waals surface area contributed by atoms with Crippen molar-refractivity contribution in [3.63, 3.8) is 0 Å². The van der Waals surface area contributed by atoms with E-state index in [4.69, 9.17) is 17.3 Å². The normalized spacial score (nSPS) is 14.2. The number of carbonyl (C=O) groups is 1. The summed E-state index contributed by atoms with van der Waals surface area (Å²) >= 11 is 5.96. The molecule has 0 aliphatic rings. The van der Waals surface area contributed by atoms with Gasteiger partial charge in [-0.05, 0) is 31.5 Å². The lowest BCUT2D eigenvalue weighted by Gasteiger charge is -2.15. The monoisotopic (exact) mass is 256 g/mol. The number of rotatable bonds is 4. The lowest BCUT2D eigenvalue weighted by molar-refractivity contribution is 0.0937. The fourth-order valence-electron chi connectivity index (χ4n) is 1.28. The fourth-order valence-corrected chi connectivity index (χ4v) is 1.60. The zero-order chi connectivity index (χ0) is 13.0. The molecule has 4 nitrogen and oxygen atoms in total. The second-order valence-corrected chi connectivity index (χ2v) is 4.50. The van der Waals surface area contributed by atoms with Crippen LogP contribution >= 0.6 is 11.6 Å². The Morgan fingerprint density at radius 3 is 2.76 bits per heavy atom. The Kier molecular flexibility index (Phi) is 4.93. The Hall–Kier alpha value is -1.10. The van der Waals surface area contributed by atoms with E-state index in [-0.39, 0.29) is 12.5 Å². The van der Waals surface area contributed by atoms with Gasteiger partial charge in [0.1, 0.15) is 0 Å². The molecule has 0 aliphatic carbocycles. The summed E-state index contributed by atoms with van der Waals surface area (Å²) in [5.74, 6) is -0.286. The molecule has 5 heteroatoms. The Morgan fingerprint density at radius 1 is 1.59 bits per heavy atom. The van der Waals surface area contributed by atoms with Crippen LogP contribution in [0.4, 0.5) is 0 Å². The number of carbonyl (C=O) groups excluding carboxylic acids is 1. The van der Waals surface area contributed by atoms with Gasteiger partial charge < -0.3 is 16.2 Å². The summed E-state index contributed by atoms with van der Waals surface area (Å²) in [5.41, 5.74) is 7.01. The van der Waals surface area contributed by atoms with Crippen molar-refractivity contribution in [1.29, 1.82) is 0 Å². The van der Waals surface area contributed by atoms with Gasteiger partial charge in [0.25, 0.3) is 5.91 Å². The molecule has 2 atom stereocenters. The minimum absolute atomic E-state index is 0.209. The molecule has 2 unspecified atom stereocenters. The number of benzene rings is 1. The molecule has 0 spiro atoms. The van der Waals surface area contributed by atoms with E-state index in [1.165, 1.54) is 0 Å². The maximum absolute atomic E-state index is 11.8. The molecule has 1 aromatic rings. The Balaban J connectivity index is 2.64. The second kappa shape index (κ2) is 6.00. The number of amides is 1. The predicted octanol–water partition coefficient (Wildman–Crippen LogP) is 1.09. The summed E-state index contributed by atoms with van der Waals surface area (Å²) in [6.07, 6.45) is -0.663. The Bertz CT molecular complexity index is 407. The van der Waals surface area contributed by atoms with Crippen molar-refractivity contribution in [3.05, 3.63) is 34.3 Å². The number of aryl methyl sites for hydroxylation is 1. The number of halogens is 1. The van der Waals surface area contributed by atoms with Gasteiger partial charge in [0.2, 0.25) is 0 Å². The highest BCUT2D eigenvalue weighted by molar-refractivity contribution is 6.33. The zero-order valence-electron chi connectivity index (χ0n) is 9.90. The van der Waals surface area contributed by atoms with E-state index >= 15 is 0 Å². The first-order valence-corrected chi connectivity index (χ1v) is 5.77. The number of hydrogen-bond donors (Lipinski definition) is 3. The average molecular weight is 257 g/mol. The number of aliphatic hydroxyl groups excluding tert-OH is 1. The van der Waals surface area contributed by atoms with Gasteiger partial charge in [-0.15, -0.1) is 0 Å². The maximum atomic E-state index is 11.8. The number of nitrogens with one attached hydrogen (secondary N) is 1.